The molecular formula is C27H21N3O3S. The molecule has 0 spiro atoms. The van der Waals surface area contributed by atoms with Crippen LogP contribution in [-0.2, 0) is 6.54 Å². The number of aromatic nitrogens is 2. The number of carbonyl (C=O) groups excluding carboxylic acids is 1. The summed E-state index contributed by atoms with van der Waals surface area (Å²) in [6.45, 7) is 2.22. The number of fused-ring (bicyclic) bond motifs is 1. The first kappa shape index (κ1) is 21.6. The van der Waals surface area contributed by atoms with Crippen molar-refractivity contribution in [1.82, 2.24) is 9.97 Å². The lowest BCUT2D eigenvalue weighted by molar-refractivity contribution is 0.0982. The molecule has 0 bridgehead atoms. The SMILES string of the molecule is Cc1nc(-c2ccc(N(Cc3ccsc3)C(=O)c3ccc(O)cc3O)cc2)c2ccccc2n1. The van der Waals surface area contributed by atoms with E-state index in [1.54, 1.807) is 16.2 Å². The van der Waals surface area contributed by atoms with Gasteiger partial charge in [-0.25, -0.2) is 9.97 Å². The number of nitrogens with zero attached hydrogens (tertiary/aromatic N) is 3. The number of phenols is 2. The molecule has 0 saturated carbocycles. The molecule has 7 heteroatoms. The third-order valence-electron chi connectivity index (χ3n) is 5.55. The van der Waals surface area contributed by atoms with Crippen LogP contribution in [0, 0.1) is 6.92 Å². The Labute approximate surface area is 200 Å². The Kier molecular flexibility index (Phi) is 5.69. The molecule has 0 aliphatic rings. The predicted octanol–water partition coefficient (Wildman–Crippen LogP) is 5.92. The average molecular weight is 468 g/mol. The predicted molar refractivity (Wildman–Crippen MR) is 134 cm³/mol. The van der Waals surface area contributed by atoms with Crippen LogP contribution in [0.2, 0.25) is 0 Å². The van der Waals surface area contributed by atoms with Gasteiger partial charge in [0.15, 0.2) is 0 Å². The van der Waals surface area contributed by atoms with Gasteiger partial charge in [-0.05, 0) is 59.6 Å². The van der Waals surface area contributed by atoms with Crippen LogP contribution in [0.3, 0.4) is 0 Å². The monoisotopic (exact) mass is 467 g/mol. The molecule has 2 heterocycles. The van der Waals surface area contributed by atoms with Crippen molar-refractivity contribution >= 4 is 33.8 Å². The maximum Gasteiger partial charge on any atom is 0.262 e. The first-order chi connectivity index (χ1) is 16.5. The van der Waals surface area contributed by atoms with E-state index in [9.17, 15) is 15.0 Å². The number of phenolic OH excluding ortho intramolecular Hbond substituents is 2. The summed E-state index contributed by atoms with van der Waals surface area (Å²) < 4.78 is 0. The fourth-order valence-corrected chi connectivity index (χ4v) is 4.56. The summed E-state index contributed by atoms with van der Waals surface area (Å²) in [5.41, 5.74) is 4.42. The highest BCUT2D eigenvalue weighted by Gasteiger charge is 2.22. The number of aromatic hydroxyl groups is 2. The van der Waals surface area contributed by atoms with Crippen molar-refractivity contribution in [1.29, 1.82) is 0 Å². The first-order valence-corrected chi connectivity index (χ1v) is 11.6. The summed E-state index contributed by atoms with van der Waals surface area (Å²) in [4.78, 5) is 24.2. The number of hydrogen-bond donors (Lipinski definition) is 2. The van der Waals surface area contributed by atoms with Crippen molar-refractivity contribution in [2.75, 3.05) is 4.90 Å². The zero-order valence-corrected chi connectivity index (χ0v) is 19.2. The minimum absolute atomic E-state index is 0.102. The molecule has 34 heavy (non-hydrogen) atoms. The second kappa shape index (κ2) is 8.96. The molecule has 0 radical (unpaired) electrons. The Morgan fingerprint density at radius 3 is 2.50 bits per heavy atom. The largest absolute Gasteiger partial charge is 0.508 e. The van der Waals surface area contributed by atoms with E-state index in [-0.39, 0.29) is 23.0 Å². The number of aryl methyl sites for hydroxylation is 1. The van der Waals surface area contributed by atoms with Gasteiger partial charge in [-0.1, -0.05) is 30.3 Å². The average Bonchev–Trinajstić information content (AvgIpc) is 3.35. The quantitative estimate of drug-likeness (QED) is 0.335. The second-order valence-corrected chi connectivity index (χ2v) is 8.69. The van der Waals surface area contributed by atoms with Crippen molar-refractivity contribution < 1.29 is 15.0 Å². The number of para-hydroxylation sites is 1. The van der Waals surface area contributed by atoms with Crippen molar-refractivity contribution in [2.24, 2.45) is 0 Å². The standard InChI is InChI=1S/C27H21N3O3S/c1-17-28-24-5-3-2-4-22(24)26(29-17)19-6-8-20(9-7-19)30(15-18-12-13-34-16-18)27(33)23-11-10-21(31)14-25(23)32/h2-14,16,31-32H,15H2,1H3. The summed E-state index contributed by atoms with van der Waals surface area (Å²) in [6.07, 6.45) is 0. The van der Waals surface area contributed by atoms with Crippen LogP contribution in [-0.4, -0.2) is 26.1 Å². The van der Waals surface area contributed by atoms with E-state index >= 15 is 0 Å². The first-order valence-electron chi connectivity index (χ1n) is 10.7. The maximum atomic E-state index is 13.4. The molecule has 0 unspecified atom stereocenters. The molecule has 3 aromatic carbocycles. The van der Waals surface area contributed by atoms with Crippen LogP contribution in [0.25, 0.3) is 22.2 Å². The van der Waals surface area contributed by atoms with Crippen molar-refractivity contribution in [3.8, 4) is 22.8 Å². The summed E-state index contributed by atoms with van der Waals surface area (Å²) in [5, 5.41) is 24.8. The second-order valence-electron chi connectivity index (χ2n) is 7.91. The van der Waals surface area contributed by atoms with Gasteiger partial charge in [-0.3, -0.25) is 4.79 Å². The molecule has 1 amide bonds. The molecule has 0 aliphatic heterocycles. The molecule has 5 rings (SSSR count). The van der Waals surface area contributed by atoms with Gasteiger partial charge in [0.25, 0.3) is 5.91 Å². The molecule has 0 atom stereocenters. The van der Waals surface area contributed by atoms with Crippen LogP contribution in [0.15, 0.2) is 83.6 Å². The smallest absolute Gasteiger partial charge is 0.262 e. The lowest BCUT2D eigenvalue weighted by atomic mass is 10.0. The molecule has 2 N–H and O–H groups in total. The van der Waals surface area contributed by atoms with Gasteiger partial charge in [0.2, 0.25) is 0 Å². The minimum Gasteiger partial charge on any atom is -0.508 e. The number of hydrogen-bond acceptors (Lipinski definition) is 6. The van der Waals surface area contributed by atoms with Crippen LogP contribution >= 0.6 is 11.3 Å². The zero-order valence-electron chi connectivity index (χ0n) is 18.3. The van der Waals surface area contributed by atoms with Crippen LogP contribution in [0.4, 0.5) is 5.69 Å². The highest BCUT2D eigenvalue weighted by molar-refractivity contribution is 7.07. The van der Waals surface area contributed by atoms with Gasteiger partial charge in [0.1, 0.15) is 17.3 Å². The molecule has 168 valence electrons. The molecule has 0 aliphatic carbocycles. The highest BCUT2D eigenvalue weighted by Crippen LogP contribution is 2.31. The van der Waals surface area contributed by atoms with E-state index in [0.29, 0.717) is 18.1 Å². The number of thiophene rings is 1. The Hall–Kier alpha value is -4.23. The third kappa shape index (κ3) is 4.21. The van der Waals surface area contributed by atoms with Crippen LogP contribution in [0.5, 0.6) is 11.5 Å². The van der Waals surface area contributed by atoms with Crippen molar-refractivity contribution in [3.63, 3.8) is 0 Å². The van der Waals surface area contributed by atoms with Gasteiger partial charge in [-0.15, -0.1) is 0 Å². The van der Waals surface area contributed by atoms with Crippen molar-refractivity contribution in [3.05, 3.63) is 101 Å². The summed E-state index contributed by atoms with van der Waals surface area (Å²) in [7, 11) is 0. The van der Waals surface area contributed by atoms with Gasteiger partial charge in [0, 0.05) is 22.7 Å². The van der Waals surface area contributed by atoms with Gasteiger partial charge in [-0.2, -0.15) is 11.3 Å². The summed E-state index contributed by atoms with van der Waals surface area (Å²) in [5.74, 6) is -0.0374. The number of carbonyl (C=O) groups is 1. The summed E-state index contributed by atoms with van der Waals surface area (Å²) >= 11 is 1.56. The molecule has 0 fully saturated rings. The van der Waals surface area contributed by atoms with E-state index in [1.165, 1.54) is 18.2 Å². The van der Waals surface area contributed by atoms with E-state index in [0.717, 1.165) is 27.7 Å². The minimum atomic E-state index is -0.361. The fourth-order valence-electron chi connectivity index (χ4n) is 3.90. The van der Waals surface area contributed by atoms with Gasteiger partial charge >= 0.3 is 0 Å². The number of anilines is 1. The van der Waals surface area contributed by atoms with E-state index in [2.05, 4.69) is 9.97 Å². The number of rotatable bonds is 5. The highest BCUT2D eigenvalue weighted by atomic mass is 32.1. The Morgan fingerprint density at radius 1 is 0.971 bits per heavy atom. The molecule has 0 saturated heterocycles. The summed E-state index contributed by atoms with van der Waals surface area (Å²) in [6, 6.07) is 21.5. The Balaban J connectivity index is 1.54. The van der Waals surface area contributed by atoms with E-state index in [4.69, 9.17) is 0 Å². The zero-order chi connectivity index (χ0) is 23.7. The number of amides is 1. The van der Waals surface area contributed by atoms with Gasteiger partial charge in [0.05, 0.1) is 23.3 Å². The van der Waals surface area contributed by atoms with Crippen LogP contribution < -0.4 is 4.90 Å². The van der Waals surface area contributed by atoms with Gasteiger partial charge < -0.3 is 15.1 Å². The molecule has 6 nitrogen and oxygen atoms in total. The number of benzene rings is 3. The molecule has 2 aromatic heterocycles. The third-order valence-corrected chi connectivity index (χ3v) is 6.28. The molecule has 5 aromatic rings. The van der Waals surface area contributed by atoms with E-state index in [1.807, 2.05) is 72.3 Å². The Morgan fingerprint density at radius 2 is 1.76 bits per heavy atom. The topological polar surface area (TPSA) is 86.6 Å². The van der Waals surface area contributed by atoms with Crippen LogP contribution in [0.1, 0.15) is 21.7 Å². The fraction of sp³-hybridized carbons (Fsp3) is 0.0741. The Bertz CT molecular complexity index is 1480. The molecular weight excluding hydrogens is 446 g/mol. The lowest BCUT2D eigenvalue weighted by Gasteiger charge is -2.23. The normalized spacial score (nSPS) is 11.0. The van der Waals surface area contributed by atoms with E-state index < -0.39 is 0 Å². The maximum absolute atomic E-state index is 13.4. The van der Waals surface area contributed by atoms with Crippen molar-refractivity contribution in [2.45, 2.75) is 13.5 Å². The lowest BCUT2D eigenvalue weighted by Crippen LogP contribution is -2.30.